The highest BCUT2D eigenvalue weighted by Gasteiger charge is 2.02. The average Bonchev–Trinajstić information content (AvgIpc) is 2.57. The Hall–Kier alpha value is -2.63. The monoisotopic (exact) mass is 332 g/mol. The Labute approximate surface area is 142 Å². The number of carboxylic acid groups (broad SMARTS) is 1. The van der Waals surface area contributed by atoms with Crippen LogP contribution in [-0.4, -0.2) is 29.8 Å². The molecule has 0 unspecified atom stereocenters. The van der Waals surface area contributed by atoms with Crippen LogP contribution in [0.5, 0.6) is 5.75 Å². The molecule has 130 valence electrons. The summed E-state index contributed by atoms with van der Waals surface area (Å²) >= 11 is 0. The Balaban J connectivity index is 2.27. The number of ether oxygens (including phenoxy) is 1. The predicted octanol–water partition coefficient (Wildman–Crippen LogP) is 3.13. The van der Waals surface area contributed by atoms with Crippen molar-refractivity contribution in [1.82, 2.24) is 5.43 Å². The highest BCUT2D eigenvalue weighted by molar-refractivity contribution is 5.85. The van der Waals surface area contributed by atoms with Gasteiger partial charge in [-0.25, -0.2) is 5.43 Å². The third kappa shape index (κ3) is 8.73. The van der Waals surface area contributed by atoms with E-state index >= 15 is 0 Å². The number of nitrogens with one attached hydrogen (secondary N) is 1. The molecular formula is C18H24N2O4. The molecule has 0 aliphatic heterocycles. The molecule has 2 N–H and O–H groups in total. The number of benzene rings is 1. The van der Waals surface area contributed by atoms with Gasteiger partial charge in [-0.2, -0.15) is 5.10 Å². The third-order valence-corrected chi connectivity index (χ3v) is 3.21. The number of carbonyl (C=O) groups is 2. The van der Waals surface area contributed by atoms with E-state index in [9.17, 15) is 9.59 Å². The number of hydrogen-bond acceptors (Lipinski definition) is 4. The van der Waals surface area contributed by atoms with Gasteiger partial charge in [0.1, 0.15) is 12.4 Å². The quantitative estimate of drug-likeness (QED) is 0.266. The summed E-state index contributed by atoms with van der Waals surface area (Å²) < 4.78 is 5.50. The van der Waals surface area contributed by atoms with Gasteiger partial charge in [0.05, 0.1) is 6.21 Å². The molecule has 0 saturated heterocycles. The lowest BCUT2D eigenvalue weighted by molar-refractivity contribution is -0.137. The van der Waals surface area contributed by atoms with Gasteiger partial charge in [-0.3, -0.25) is 9.59 Å². The van der Waals surface area contributed by atoms with Gasteiger partial charge in [0, 0.05) is 18.4 Å². The molecule has 0 atom stereocenters. The molecular weight excluding hydrogens is 308 g/mol. The van der Waals surface area contributed by atoms with E-state index in [4.69, 9.17) is 9.84 Å². The molecule has 0 heterocycles. The number of amides is 1. The summed E-state index contributed by atoms with van der Waals surface area (Å²) in [5.74, 6) is -0.262. The number of carbonyl (C=O) groups excluding carboxylic acids is 1. The fraction of sp³-hybridized carbons (Fsp3) is 0.389. The molecule has 0 fully saturated rings. The van der Waals surface area contributed by atoms with Crippen molar-refractivity contribution >= 4 is 18.1 Å². The Morgan fingerprint density at radius 2 is 1.88 bits per heavy atom. The first-order valence-electron chi connectivity index (χ1n) is 8.00. The summed E-state index contributed by atoms with van der Waals surface area (Å²) in [5, 5.41) is 12.5. The summed E-state index contributed by atoms with van der Waals surface area (Å²) in [4.78, 5) is 22.0. The van der Waals surface area contributed by atoms with E-state index in [0.717, 1.165) is 24.8 Å². The van der Waals surface area contributed by atoms with Crippen LogP contribution in [0.4, 0.5) is 0 Å². The van der Waals surface area contributed by atoms with Crippen molar-refractivity contribution in [2.24, 2.45) is 5.10 Å². The highest BCUT2D eigenvalue weighted by atomic mass is 16.5. The number of nitrogens with zero attached hydrogens (tertiary/aromatic N) is 1. The van der Waals surface area contributed by atoms with Crippen molar-refractivity contribution in [1.29, 1.82) is 0 Å². The summed E-state index contributed by atoms with van der Waals surface area (Å²) in [6.07, 6.45) is 6.79. The molecule has 1 aromatic rings. The minimum absolute atomic E-state index is 0.158. The van der Waals surface area contributed by atoms with E-state index in [0.29, 0.717) is 25.2 Å². The predicted molar refractivity (Wildman–Crippen MR) is 93.2 cm³/mol. The minimum atomic E-state index is -0.778. The Kier molecular flexibility index (Phi) is 9.61. The van der Waals surface area contributed by atoms with Gasteiger partial charge in [-0.05, 0) is 25.0 Å². The van der Waals surface area contributed by atoms with Gasteiger partial charge in [-0.1, -0.05) is 37.6 Å². The normalized spacial score (nSPS) is 10.5. The number of hydrazone groups is 1. The van der Waals surface area contributed by atoms with Crippen molar-refractivity contribution in [2.45, 2.75) is 38.5 Å². The molecule has 1 aromatic carbocycles. The van der Waals surface area contributed by atoms with Crippen LogP contribution in [0.2, 0.25) is 0 Å². The third-order valence-electron chi connectivity index (χ3n) is 3.21. The summed E-state index contributed by atoms with van der Waals surface area (Å²) in [7, 11) is 0. The molecule has 6 nitrogen and oxygen atoms in total. The topological polar surface area (TPSA) is 88.0 Å². The van der Waals surface area contributed by atoms with Crippen LogP contribution in [-0.2, 0) is 9.59 Å². The fourth-order valence-electron chi connectivity index (χ4n) is 2.01. The lowest BCUT2D eigenvalue weighted by atomic mass is 10.1. The Morgan fingerprint density at radius 3 is 2.58 bits per heavy atom. The van der Waals surface area contributed by atoms with Crippen molar-refractivity contribution < 1.29 is 19.4 Å². The van der Waals surface area contributed by atoms with Crippen LogP contribution in [0.1, 0.15) is 44.1 Å². The van der Waals surface area contributed by atoms with E-state index in [1.54, 1.807) is 12.3 Å². The number of hydrogen-bond donors (Lipinski definition) is 2. The maximum absolute atomic E-state index is 11.7. The molecule has 0 aromatic heterocycles. The van der Waals surface area contributed by atoms with Crippen LogP contribution in [0.15, 0.2) is 42.0 Å². The lowest BCUT2D eigenvalue weighted by Crippen LogP contribution is -2.17. The molecule has 24 heavy (non-hydrogen) atoms. The number of unbranched alkanes of at least 4 members (excludes halogenated alkanes) is 3. The van der Waals surface area contributed by atoms with Crippen LogP contribution in [0.3, 0.4) is 0 Å². The first-order chi connectivity index (χ1) is 11.6. The summed E-state index contributed by atoms with van der Waals surface area (Å²) in [6, 6.07) is 7.39. The minimum Gasteiger partial charge on any atom is -0.489 e. The van der Waals surface area contributed by atoms with E-state index in [-0.39, 0.29) is 12.3 Å². The SMILES string of the molecule is C=CCOc1ccccc1/C=N/NC(=O)CCCCCCC(=O)O. The molecule has 0 saturated carbocycles. The highest BCUT2D eigenvalue weighted by Crippen LogP contribution is 2.15. The van der Waals surface area contributed by atoms with Gasteiger partial charge >= 0.3 is 5.97 Å². The molecule has 0 aliphatic rings. The maximum Gasteiger partial charge on any atom is 0.303 e. The molecule has 0 aliphatic carbocycles. The van der Waals surface area contributed by atoms with E-state index in [1.807, 2.05) is 24.3 Å². The van der Waals surface area contributed by atoms with Gasteiger partial charge < -0.3 is 9.84 Å². The van der Waals surface area contributed by atoms with Crippen molar-refractivity contribution in [3.05, 3.63) is 42.5 Å². The van der Waals surface area contributed by atoms with Crippen molar-refractivity contribution in [3.63, 3.8) is 0 Å². The second kappa shape index (κ2) is 11.9. The van der Waals surface area contributed by atoms with Crippen LogP contribution >= 0.6 is 0 Å². The van der Waals surface area contributed by atoms with Gasteiger partial charge in [0.25, 0.3) is 0 Å². The van der Waals surface area contributed by atoms with Crippen LogP contribution in [0, 0.1) is 0 Å². The molecule has 1 amide bonds. The summed E-state index contributed by atoms with van der Waals surface area (Å²) in [6.45, 7) is 4.00. The molecule has 0 radical (unpaired) electrons. The largest absolute Gasteiger partial charge is 0.489 e. The second-order valence-electron chi connectivity index (χ2n) is 5.24. The molecule has 0 spiro atoms. The van der Waals surface area contributed by atoms with E-state index in [2.05, 4.69) is 17.1 Å². The zero-order valence-electron chi connectivity index (χ0n) is 13.7. The van der Waals surface area contributed by atoms with Gasteiger partial charge in [0.2, 0.25) is 5.91 Å². The van der Waals surface area contributed by atoms with Crippen molar-refractivity contribution in [2.75, 3.05) is 6.61 Å². The first kappa shape index (κ1) is 19.4. The van der Waals surface area contributed by atoms with E-state index < -0.39 is 5.97 Å². The number of rotatable bonds is 12. The smallest absolute Gasteiger partial charge is 0.303 e. The van der Waals surface area contributed by atoms with Crippen LogP contribution < -0.4 is 10.2 Å². The zero-order valence-corrected chi connectivity index (χ0v) is 13.7. The Bertz CT molecular complexity index is 570. The van der Waals surface area contributed by atoms with Crippen LogP contribution in [0.25, 0.3) is 0 Å². The number of aliphatic carboxylic acids is 1. The van der Waals surface area contributed by atoms with Gasteiger partial charge in [0.15, 0.2) is 0 Å². The fourth-order valence-corrected chi connectivity index (χ4v) is 2.01. The summed E-state index contributed by atoms with van der Waals surface area (Å²) in [5.41, 5.74) is 3.26. The average molecular weight is 332 g/mol. The van der Waals surface area contributed by atoms with Gasteiger partial charge in [-0.15, -0.1) is 0 Å². The van der Waals surface area contributed by atoms with Crippen molar-refractivity contribution in [3.8, 4) is 5.75 Å². The second-order valence-corrected chi connectivity index (χ2v) is 5.24. The lowest BCUT2D eigenvalue weighted by Gasteiger charge is -2.06. The first-order valence-corrected chi connectivity index (χ1v) is 8.00. The molecule has 6 heteroatoms. The Morgan fingerprint density at radius 1 is 1.17 bits per heavy atom. The van der Waals surface area contributed by atoms with E-state index in [1.165, 1.54) is 0 Å². The molecule has 1 rings (SSSR count). The number of carboxylic acids is 1. The maximum atomic E-state index is 11.7. The molecule has 0 bridgehead atoms. The zero-order chi connectivity index (χ0) is 17.6. The number of para-hydroxylation sites is 1. The standard InChI is InChI=1S/C18H24N2O4/c1-2-13-24-16-10-8-7-9-15(16)14-19-20-17(21)11-5-3-4-6-12-18(22)23/h2,7-10,14H,1,3-6,11-13H2,(H,20,21)(H,22,23)/b19-14+.